The highest BCUT2D eigenvalue weighted by Crippen LogP contribution is 2.32. The van der Waals surface area contributed by atoms with Gasteiger partial charge in [0.15, 0.2) is 0 Å². The Morgan fingerprint density at radius 1 is 1.25 bits per heavy atom. The van der Waals surface area contributed by atoms with Crippen molar-refractivity contribution in [2.75, 3.05) is 20.8 Å². The van der Waals surface area contributed by atoms with Gasteiger partial charge >= 0.3 is 0 Å². The SMILES string of the molecule is COc1cc(C(C)=CCO)c(OC)cc1C. The molecule has 0 aromatic heterocycles. The molecular formula is C13H18O3. The average molecular weight is 222 g/mol. The Kier molecular flexibility index (Phi) is 4.38. The highest BCUT2D eigenvalue weighted by atomic mass is 16.5. The molecule has 1 aromatic carbocycles. The molecule has 1 aromatic rings. The monoisotopic (exact) mass is 222 g/mol. The molecule has 3 heteroatoms. The van der Waals surface area contributed by atoms with E-state index in [1.165, 1.54) is 0 Å². The van der Waals surface area contributed by atoms with E-state index >= 15 is 0 Å². The van der Waals surface area contributed by atoms with Crippen LogP contribution in [0.2, 0.25) is 0 Å². The molecule has 0 spiro atoms. The van der Waals surface area contributed by atoms with E-state index in [9.17, 15) is 0 Å². The van der Waals surface area contributed by atoms with Crippen LogP contribution in [0.5, 0.6) is 11.5 Å². The normalized spacial score (nSPS) is 11.4. The van der Waals surface area contributed by atoms with E-state index in [0.29, 0.717) is 0 Å². The number of allylic oxidation sites excluding steroid dienone is 1. The van der Waals surface area contributed by atoms with E-state index in [4.69, 9.17) is 14.6 Å². The van der Waals surface area contributed by atoms with Crippen molar-refractivity contribution < 1.29 is 14.6 Å². The molecule has 0 saturated heterocycles. The minimum atomic E-state index is 0.0190. The molecule has 0 atom stereocenters. The molecule has 3 nitrogen and oxygen atoms in total. The largest absolute Gasteiger partial charge is 0.496 e. The molecule has 0 aliphatic heterocycles. The van der Waals surface area contributed by atoms with Gasteiger partial charge in [0.05, 0.1) is 20.8 Å². The van der Waals surface area contributed by atoms with Crippen molar-refractivity contribution in [3.05, 3.63) is 29.3 Å². The van der Waals surface area contributed by atoms with Crippen LogP contribution in [-0.2, 0) is 0 Å². The first-order valence-electron chi connectivity index (χ1n) is 5.14. The molecular weight excluding hydrogens is 204 g/mol. The molecule has 0 heterocycles. The van der Waals surface area contributed by atoms with Gasteiger partial charge in [-0.1, -0.05) is 6.08 Å². The summed E-state index contributed by atoms with van der Waals surface area (Å²) in [5.74, 6) is 1.61. The first-order chi connectivity index (χ1) is 7.63. The van der Waals surface area contributed by atoms with Crippen LogP contribution in [0, 0.1) is 6.92 Å². The van der Waals surface area contributed by atoms with Gasteiger partial charge in [-0.05, 0) is 37.1 Å². The molecule has 0 amide bonds. The Labute approximate surface area is 96.3 Å². The van der Waals surface area contributed by atoms with E-state index in [1.807, 2.05) is 26.0 Å². The van der Waals surface area contributed by atoms with E-state index in [1.54, 1.807) is 20.3 Å². The predicted octanol–water partition coefficient (Wildman–Crippen LogP) is 2.41. The first-order valence-corrected chi connectivity index (χ1v) is 5.14. The molecule has 0 bridgehead atoms. The Hall–Kier alpha value is -1.48. The van der Waals surface area contributed by atoms with Crippen LogP contribution in [0.4, 0.5) is 0 Å². The first kappa shape index (κ1) is 12.6. The standard InChI is InChI=1S/C13H18O3/c1-9(5-6-14)11-8-12(15-3)10(2)7-13(11)16-4/h5,7-8,14H,6H2,1-4H3. The van der Waals surface area contributed by atoms with Crippen molar-refractivity contribution in [2.24, 2.45) is 0 Å². The second kappa shape index (κ2) is 5.56. The summed E-state index contributed by atoms with van der Waals surface area (Å²) in [7, 11) is 3.28. The number of hydrogen-bond acceptors (Lipinski definition) is 3. The molecule has 1 rings (SSSR count). The molecule has 16 heavy (non-hydrogen) atoms. The number of methoxy groups -OCH3 is 2. The fraction of sp³-hybridized carbons (Fsp3) is 0.385. The maximum absolute atomic E-state index is 8.89. The summed E-state index contributed by atoms with van der Waals surface area (Å²) in [4.78, 5) is 0. The number of benzene rings is 1. The number of aliphatic hydroxyl groups is 1. The molecule has 88 valence electrons. The van der Waals surface area contributed by atoms with Crippen molar-refractivity contribution in [1.82, 2.24) is 0 Å². The van der Waals surface area contributed by atoms with Gasteiger partial charge in [-0.2, -0.15) is 0 Å². The summed E-state index contributed by atoms with van der Waals surface area (Å²) >= 11 is 0. The molecule has 0 aliphatic carbocycles. The van der Waals surface area contributed by atoms with Gasteiger partial charge in [0, 0.05) is 5.56 Å². The fourth-order valence-electron chi connectivity index (χ4n) is 1.61. The number of rotatable bonds is 4. The quantitative estimate of drug-likeness (QED) is 0.850. The van der Waals surface area contributed by atoms with Gasteiger partial charge in [-0.3, -0.25) is 0 Å². The highest BCUT2D eigenvalue weighted by molar-refractivity contribution is 5.71. The van der Waals surface area contributed by atoms with E-state index < -0.39 is 0 Å². The third kappa shape index (κ3) is 2.55. The molecule has 0 unspecified atom stereocenters. The summed E-state index contributed by atoms with van der Waals surface area (Å²) in [5, 5.41) is 8.89. The van der Waals surface area contributed by atoms with E-state index in [2.05, 4.69) is 0 Å². The number of aliphatic hydroxyl groups excluding tert-OH is 1. The molecule has 0 fully saturated rings. The van der Waals surface area contributed by atoms with Gasteiger partial charge < -0.3 is 14.6 Å². The zero-order valence-corrected chi connectivity index (χ0v) is 10.2. The van der Waals surface area contributed by atoms with Crippen LogP contribution in [-0.4, -0.2) is 25.9 Å². The Bertz CT molecular complexity index is 394. The lowest BCUT2D eigenvalue weighted by Gasteiger charge is -2.13. The molecule has 1 N–H and O–H groups in total. The van der Waals surface area contributed by atoms with Gasteiger partial charge in [-0.25, -0.2) is 0 Å². The number of aryl methyl sites for hydroxylation is 1. The minimum Gasteiger partial charge on any atom is -0.496 e. The van der Waals surface area contributed by atoms with Crippen LogP contribution in [0.15, 0.2) is 18.2 Å². The lowest BCUT2D eigenvalue weighted by Crippen LogP contribution is -1.95. The second-order valence-corrected chi connectivity index (χ2v) is 3.59. The molecule has 0 saturated carbocycles. The van der Waals surface area contributed by atoms with Crippen LogP contribution < -0.4 is 9.47 Å². The fourth-order valence-corrected chi connectivity index (χ4v) is 1.61. The van der Waals surface area contributed by atoms with Gasteiger partial charge in [0.25, 0.3) is 0 Å². The zero-order valence-electron chi connectivity index (χ0n) is 10.2. The van der Waals surface area contributed by atoms with Gasteiger partial charge in [-0.15, -0.1) is 0 Å². The van der Waals surface area contributed by atoms with Crippen molar-refractivity contribution >= 4 is 5.57 Å². The Morgan fingerprint density at radius 2 is 1.88 bits per heavy atom. The number of ether oxygens (including phenoxy) is 2. The summed E-state index contributed by atoms with van der Waals surface area (Å²) < 4.78 is 10.6. The number of hydrogen-bond donors (Lipinski definition) is 1. The van der Waals surface area contributed by atoms with E-state index in [0.717, 1.165) is 28.2 Å². The summed E-state index contributed by atoms with van der Waals surface area (Å²) in [6, 6.07) is 3.86. The zero-order chi connectivity index (χ0) is 12.1. The lowest BCUT2D eigenvalue weighted by molar-refractivity contribution is 0.343. The Morgan fingerprint density at radius 3 is 2.38 bits per heavy atom. The highest BCUT2D eigenvalue weighted by Gasteiger charge is 2.09. The maximum atomic E-state index is 8.89. The smallest absolute Gasteiger partial charge is 0.126 e. The van der Waals surface area contributed by atoms with Crippen molar-refractivity contribution in [1.29, 1.82) is 0 Å². The maximum Gasteiger partial charge on any atom is 0.126 e. The Balaban J connectivity index is 3.30. The van der Waals surface area contributed by atoms with Crippen LogP contribution in [0.1, 0.15) is 18.1 Å². The lowest BCUT2D eigenvalue weighted by atomic mass is 10.0. The predicted molar refractivity (Wildman–Crippen MR) is 65.0 cm³/mol. The third-order valence-corrected chi connectivity index (χ3v) is 2.54. The topological polar surface area (TPSA) is 38.7 Å². The summed E-state index contributed by atoms with van der Waals surface area (Å²) in [6.07, 6.45) is 1.74. The molecule has 0 aliphatic rings. The van der Waals surface area contributed by atoms with Crippen molar-refractivity contribution in [2.45, 2.75) is 13.8 Å². The van der Waals surface area contributed by atoms with Crippen molar-refractivity contribution in [3.63, 3.8) is 0 Å². The van der Waals surface area contributed by atoms with Crippen LogP contribution in [0.25, 0.3) is 5.57 Å². The third-order valence-electron chi connectivity index (χ3n) is 2.54. The summed E-state index contributed by atoms with van der Waals surface area (Å²) in [6.45, 7) is 3.92. The average Bonchev–Trinajstić information content (AvgIpc) is 2.28. The van der Waals surface area contributed by atoms with Gasteiger partial charge in [0.1, 0.15) is 11.5 Å². The second-order valence-electron chi connectivity index (χ2n) is 3.59. The van der Waals surface area contributed by atoms with E-state index in [-0.39, 0.29) is 6.61 Å². The van der Waals surface area contributed by atoms with Crippen LogP contribution >= 0.6 is 0 Å². The van der Waals surface area contributed by atoms with Crippen LogP contribution in [0.3, 0.4) is 0 Å². The minimum absolute atomic E-state index is 0.0190. The van der Waals surface area contributed by atoms with Gasteiger partial charge in [0.2, 0.25) is 0 Å². The molecule has 0 radical (unpaired) electrons. The van der Waals surface area contributed by atoms with Crippen molar-refractivity contribution in [3.8, 4) is 11.5 Å². The summed E-state index contributed by atoms with van der Waals surface area (Å²) in [5.41, 5.74) is 2.94.